The minimum Gasteiger partial charge on any atom is -0.349 e. The minimum absolute atomic E-state index is 0. The molecule has 3 rings (SSSR count). The number of aromatic nitrogens is 2. The van der Waals surface area contributed by atoms with Gasteiger partial charge in [0.1, 0.15) is 0 Å². The molecule has 1 unspecified atom stereocenters. The number of hydrogen-bond donors (Lipinski definition) is 3. The molecule has 0 radical (unpaired) electrons. The number of nitro benzene ring substituents is 1. The summed E-state index contributed by atoms with van der Waals surface area (Å²) in [5, 5.41) is 20.8. The number of nitro groups is 1. The molecule has 0 saturated heterocycles. The van der Waals surface area contributed by atoms with Crippen LogP contribution in [0.2, 0.25) is 0 Å². The van der Waals surface area contributed by atoms with Gasteiger partial charge in [0.2, 0.25) is 0 Å². The average Bonchev–Trinajstić information content (AvgIpc) is 3.09. The van der Waals surface area contributed by atoms with E-state index < -0.39 is 10.8 Å². The lowest BCUT2D eigenvalue weighted by Gasteiger charge is -2.14. The molecule has 0 aliphatic heterocycles. The average molecular weight is 404 g/mol. The molecule has 3 aromatic rings. The summed E-state index contributed by atoms with van der Waals surface area (Å²) in [5.41, 5.74) is 8.87. The fourth-order valence-corrected chi connectivity index (χ4v) is 2.82. The molecule has 0 aliphatic rings. The molecule has 28 heavy (non-hydrogen) atoms. The molecule has 0 aliphatic carbocycles. The summed E-state index contributed by atoms with van der Waals surface area (Å²) < 4.78 is 0. The van der Waals surface area contributed by atoms with E-state index in [0.717, 1.165) is 5.56 Å². The number of nitrogens with zero attached hydrogens (tertiary/aromatic N) is 2. The van der Waals surface area contributed by atoms with Gasteiger partial charge in [0.25, 0.3) is 11.6 Å². The van der Waals surface area contributed by atoms with Crippen LogP contribution < -0.4 is 11.1 Å². The Hall–Kier alpha value is -2.97. The van der Waals surface area contributed by atoms with Gasteiger partial charge in [0.05, 0.1) is 10.4 Å². The number of aromatic amines is 1. The summed E-state index contributed by atoms with van der Waals surface area (Å²) in [6.45, 7) is 4.46. The maximum atomic E-state index is 12.5. The van der Waals surface area contributed by atoms with Gasteiger partial charge in [-0.2, -0.15) is 5.10 Å². The Morgan fingerprint density at radius 3 is 2.46 bits per heavy atom. The van der Waals surface area contributed by atoms with E-state index in [1.165, 1.54) is 23.8 Å². The number of hydrogen-bond acceptors (Lipinski definition) is 5. The second-order valence-corrected chi connectivity index (χ2v) is 6.70. The van der Waals surface area contributed by atoms with Crippen molar-refractivity contribution in [3.63, 3.8) is 0 Å². The smallest absolute Gasteiger partial charge is 0.272 e. The SMILES string of the molecule is CC(C)c1ccc(C(N)CNC(=O)c2n[nH]c3ccc([N+](=O)[O-])cc23)cc1.Cl. The van der Waals surface area contributed by atoms with Crippen molar-refractivity contribution < 1.29 is 9.72 Å². The van der Waals surface area contributed by atoms with Crippen molar-refractivity contribution in [1.82, 2.24) is 15.5 Å². The summed E-state index contributed by atoms with van der Waals surface area (Å²) in [4.78, 5) is 22.9. The van der Waals surface area contributed by atoms with Crippen molar-refractivity contribution in [2.45, 2.75) is 25.8 Å². The first kappa shape index (κ1) is 21.3. The fourth-order valence-electron chi connectivity index (χ4n) is 2.82. The van der Waals surface area contributed by atoms with Gasteiger partial charge in [0, 0.05) is 30.1 Å². The number of nitrogens with one attached hydrogen (secondary N) is 2. The molecule has 8 nitrogen and oxygen atoms in total. The van der Waals surface area contributed by atoms with Gasteiger partial charge in [-0.25, -0.2) is 0 Å². The first-order valence-corrected chi connectivity index (χ1v) is 8.63. The largest absolute Gasteiger partial charge is 0.349 e. The molecule has 0 spiro atoms. The van der Waals surface area contributed by atoms with Crippen molar-refractivity contribution in [3.8, 4) is 0 Å². The van der Waals surface area contributed by atoms with Crippen LogP contribution in [0.15, 0.2) is 42.5 Å². The maximum Gasteiger partial charge on any atom is 0.272 e. The van der Waals surface area contributed by atoms with Gasteiger partial charge in [0.15, 0.2) is 5.69 Å². The molecular formula is C19H22ClN5O3. The number of amides is 1. The Labute approximate surface area is 168 Å². The highest BCUT2D eigenvalue weighted by atomic mass is 35.5. The number of carbonyl (C=O) groups is 1. The summed E-state index contributed by atoms with van der Waals surface area (Å²) in [5.74, 6) is 0.00276. The van der Waals surface area contributed by atoms with Crippen molar-refractivity contribution in [1.29, 1.82) is 0 Å². The second kappa shape index (κ2) is 8.81. The monoisotopic (exact) mass is 403 g/mol. The highest BCUT2D eigenvalue weighted by Gasteiger charge is 2.18. The molecule has 4 N–H and O–H groups in total. The standard InChI is InChI=1S/C19H21N5O3.ClH/c1-11(2)12-3-5-13(6-4-12)16(20)10-21-19(25)18-15-9-14(24(26)27)7-8-17(15)22-23-18;/h3-9,11,16H,10,20H2,1-2H3,(H,21,25)(H,22,23);1H. The number of benzene rings is 2. The van der Waals surface area contributed by atoms with Crippen LogP contribution in [0.3, 0.4) is 0 Å². The van der Waals surface area contributed by atoms with Crippen molar-refractivity contribution >= 4 is 34.9 Å². The van der Waals surface area contributed by atoms with Gasteiger partial charge >= 0.3 is 0 Å². The van der Waals surface area contributed by atoms with Crippen molar-refractivity contribution in [2.75, 3.05) is 6.54 Å². The predicted octanol–water partition coefficient (Wildman–Crippen LogP) is 3.45. The van der Waals surface area contributed by atoms with Crippen molar-refractivity contribution in [3.05, 3.63) is 69.4 Å². The van der Waals surface area contributed by atoms with E-state index in [9.17, 15) is 14.9 Å². The van der Waals surface area contributed by atoms with Crippen molar-refractivity contribution in [2.24, 2.45) is 5.73 Å². The van der Waals surface area contributed by atoms with Crippen LogP contribution in [0.1, 0.15) is 47.4 Å². The first-order chi connectivity index (χ1) is 12.9. The Kier molecular flexibility index (Phi) is 6.71. The number of rotatable bonds is 6. The van der Waals surface area contributed by atoms with Gasteiger partial charge < -0.3 is 11.1 Å². The number of halogens is 1. The third-order valence-electron chi connectivity index (χ3n) is 4.49. The molecule has 1 heterocycles. The van der Waals surface area contributed by atoms with Crippen LogP contribution in [-0.4, -0.2) is 27.6 Å². The summed E-state index contributed by atoms with van der Waals surface area (Å²) in [7, 11) is 0. The Bertz CT molecular complexity index is 985. The van der Waals surface area contributed by atoms with E-state index >= 15 is 0 Å². The van der Waals surface area contributed by atoms with E-state index in [2.05, 4.69) is 29.4 Å². The molecular weight excluding hydrogens is 382 g/mol. The van der Waals surface area contributed by atoms with Gasteiger partial charge in [-0.3, -0.25) is 20.0 Å². The molecule has 0 saturated carbocycles. The summed E-state index contributed by atoms with van der Waals surface area (Å²) in [6, 6.07) is 11.8. The Morgan fingerprint density at radius 2 is 1.86 bits per heavy atom. The van der Waals surface area contributed by atoms with E-state index in [1.807, 2.05) is 24.3 Å². The normalized spacial score (nSPS) is 11.9. The lowest BCUT2D eigenvalue weighted by molar-refractivity contribution is -0.384. The zero-order valence-corrected chi connectivity index (χ0v) is 16.3. The van der Waals surface area contributed by atoms with Crippen LogP contribution in [0.4, 0.5) is 5.69 Å². The molecule has 1 aromatic heterocycles. The van der Waals surface area contributed by atoms with Crippen LogP contribution >= 0.6 is 12.4 Å². The van der Waals surface area contributed by atoms with E-state index in [4.69, 9.17) is 5.73 Å². The van der Waals surface area contributed by atoms with Crippen LogP contribution in [-0.2, 0) is 0 Å². The molecule has 9 heteroatoms. The number of nitrogens with two attached hydrogens (primary N) is 1. The van der Waals surface area contributed by atoms with Crippen LogP contribution in [0.25, 0.3) is 10.9 Å². The quantitative estimate of drug-likeness (QED) is 0.429. The van der Waals surface area contributed by atoms with E-state index in [1.54, 1.807) is 0 Å². The Balaban J connectivity index is 0.00000280. The molecule has 148 valence electrons. The lowest BCUT2D eigenvalue weighted by atomic mass is 9.99. The highest BCUT2D eigenvalue weighted by molar-refractivity contribution is 6.05. The number of non-ortho nitro benzene ring substituents is 1. The zero-order valence-electron chi connectivity index (χ0n) is 15.5. The third kappa shape index (κ3) is 4.47. The molecule has 1 atom stereocenters. The summed E-state index contributed by atoms with van der Waals surface area (Å²) in [6.07, 6.45) is 0. The number of H-pyrrole nitrogens is 1. The fraction of sp³-hybridized carbons (Fsp3) is 0.263. The highest BCUT2D eigenvalue weighted by Crippen LogP contribution is 2.22. The lowest BCUT2D eigenvalue weighted by Crippen LogP contribution is -2.32. The second-order valence-electron chi connectivity index (χ2n) is 6.70. The minimum atomic E-state index is -0.509. The predicted molar refractivity (Wildman–Crippen MR) is 110 cm³/mol. The summed E-state index contributed by atoms with van der Waals surface area (Å²) >= 11 is 0. The van der Waals surface area contributed by atoms with Crippen LogP contribution in [0.5, 0.6) is 0 Å². The Morgan fingerprint density at radius 1 is 1.21 bits per heavy atom. The first-order valence-electron chi connectivity index (χ1n) is 8.63. The molecule has 2 aromatic carbocycles. The van der Waals surface area contributed by atoms with E-state index in [-0.39, 0.29) is 36.4 Å². The molecule has 1 amide bonds. The van der Waals surface area contributed by atoms with E-state index in [0.29, 0.717) is 16.8 Å². The van der Waals surface area contributed by atoms with Gasteiger partial charge in [-0.1, -0.05) is 38.1 Å². The molecule has 0 fully saturated rings. The van der Waals surface area contributed by atoms with Crippen LogP contribution in [0, 0.1) is 10.1 Å². The zero-order chi connectivity index (χ0) is 19.6. The topological polar surface area (TPSA) is 127 Å². The molecule has 0 bridgehead atoms. The maximum absolute atomic E-state index is 12.5. The van der Waals surface area contributed by atoms with Gasteiger partial charge in [-0.05, 0) is 23.1 Å². The third-order valence-corrected chi connectivity index (χ3v) is 4.49. The number of carbonyl (C=O) groups excluding carboxylic acids is 1. The number of fused-ring (bicyclic) bond motifs is 1. The van der Waals surface area contributed by atoms with Gasteiger partial charge in [-0.15, -0.1) is 12.4 Å².